The molecule has 2 fully saturated rings. The summed E-state index contributed by atoms with van der Waals surface area (Å²) in [6, 6.07) is 7.29. The lowest BCUT2D eigenvalue weighted by atomic mass is 10.1. The van der Waals surface area contributed by atoms with Crippen LogP contribution in [0.4, 0.5) is 0 Å². The van der Waals surface area contributed by atoms with E-state index < -0.39 is 11.8 Å². The van der Waals surface area contributed by atoms with E-state index in [4.69, 9.17) is 11.6 Å². The second-order valence-corrected chi connectivity index (χ2v) is 7.63. The molecular weight excluding hydrogens is 350 g/mol. The first-order valence-electron chi connectivity index (χ1n) is 7.76. The molecule has 0 aromatic heterocycles. The quantitative estimate of drug-likeness (QED) is 0.639. The Bertz CT molecular complexity index is 684. The fourth-order valence-corrected chi connectivity index (χ4v) is 4.19. The van der Waals surface area contributed by atoms with Gasteiger partial charge in [-0.2, -0.15) is 0 Å². The lowest BCUT2D eigenvalue weighted by molar-refractivity contribution is -0.154. The minimum Gasteiger partial charge on any atom is -0.346 e. The SMILES string of the molecule is C[C@H](Sc1ccccc1Cl)C(=O)N1CCN2C(=O)C(=O)NC[C@H]2C1. The van der Waals surface area contributed by atoms with Gasteiger partial charge in [0.1, 0.15) is 0 Å². The first kappa shape index (κ1) is 17.1. The van der Waals surface area contributed by atoms with Crippen LogP contribution in [0.15, 0.2) is 29.2 Å². The first-order chi connectivity index (χ1) is 11.5. The summed E-state index contributed by atoms with van der Waals surface area (Å²) in [4.78, 5) is 40.2. The number of amides is 3. The third-order valence-electron chi connectivity index (χ3n) is 4.24. The lowest BCUT2D eigenvalue weighted by Crippen LogP contribution is -2.66. The van der Waals surface area contributed by atoms with E-state index in [1.54, 1.807) is 15.9 Å². The van der Waals surface area contributed by atoms with Gasteiger partial charge < -0.3 is 15.1 Å². The summed E-state index contributed by atoms with van der Waals surface area (Å²) in [6.07, 6.45) is 0. The van der Waals surface area contributed by atoms with Crippen LogP contribution in [0, 0.1) is 0 Å². The standard InChI is InChI=1S/C16H18ClN3O3S/c1-10(24-13-5-3-2-4-12(13)17)15(22)19-6-7-20-11(9-19)8-18-14(21)16(20)23/h2-5,10-11H,6-9H2,1H3,(H,18,21)/t10-,11-/m0/s1. The minimum absolute atomic E-state index is 0.0175. The molecule has 2 saturated heterocycles. The van der Waals surface area contributed by atoms with Crippen LogP contribution >= 0.6 is 23.4 Å². The zero-order valence-electron chi connectivity index (χ0n) is 13.2. The molecule has 8 heteroatoms. The maximum Gasteiger partial charge on any atom is 0.312 e. The molecule has 3 rings (SSSR count). The van der Waals surface area contributed by atoms with Crippen LogP contribution in [0.3, 0.4) is 0 Å². The first-order valence-corrected chi connectivity index (χ1v) is 9.02. The van der Waals surface area contributed by atoms with E-state index in [-0.39, 0.29) is 17.2 Å². The van der Waals surface area contributed by atoms with E-state index in [0.29, 0.717) is 31.2 Å². The molecule has 128 valence electrons. The van der Waals surface area contributed by atoms with Crippen LogP contribution in [0.25, 0.3) is 0 Å². The van der Waals surface area contributed by atoms with Gasteiger partial charge in [0.2, 0.25) is 5.91 Å². The number of nitrogens with zero attached hydrogens (tertiary/aromatic N) is 2. The van der Waals surface area contributed by atoms with E-state index >= 15 is 0 Å². The second kappa shape index (κ2) is 7.03. The number of rotatable bonds is 3. The van der Waals surface area contributed by atoms with Crippen LogP contribution in [0.2, 0.25) is 5.02 Å². The van der Waals surface area contributed by atoms with Crippen molar-refractivity contribution in [3.05, 3.63) is 29.3 Å². The van der Waals surface area contributed by atoms with E-state index in [2.05, 4.69) is 5.32 Å². The summed E-state index contributed by atoms with van der Waals surface area (Å²) in [5, 5.41) is 2.94. The number of hydrogen-bond acceptors (Lipinski definition) is 4. The largest absolute Gasteiger partial charge is 0.346 e. The molecule has 2 atom stereocenters. The van der Waals surface area contributed by atoms with Crippen molar-refractivity contribution in [1.29, 1.82) is 0 Å². The summed E-state index contributed by atoms with van der Waals surface area (Å²) in [5.74, 6) is -1.05. The average Bonchev–Trinajstić information content (AvgIpc) is 2.59. The van der Waals surface area contributed by atoms with E-state index in [0.717, 1.165) is 4.90 Å². The summed E-state index contributed by atoms with van der Waals surface area (Å²) >= 11 is 7.58. The number of fused-ring (bicyclic) bond motifs is 1. The molecule has 0 unspecified atom stereocenters. The topological polar surface area (TPSA) is 69.7 Å². The van der Waals surface area contributed by atoms with E-state index in [1.807, 2.05) is 25.1 Å². The normalized spacial score (nSPS) is 22.0. The van der Waals surface area contributed by atoms with Crippen LogP contribution in [-0.4, -0.2) is 65.0 Å². The molecule has 1 aromatic carbocycles. The fourth-order valence-electron chi connectivity index (χ4n) is 2.95. The van der Waals surface area contributed by atoms with Gasteiger partial charge in [-0.3, -0.25) is 14.4 Å². The molecule has 1 aromatic rings. The van der Waals surface area contributed by atoms with Crippen molar-refractivity contribution in [3.63, 3.8) is 0 Å². The van der Waals surface area contributed by atoms with Gasteiger partial charge in [-0.25, -0.2) is 0 Å². The van der Waals surface area contributed by atoms with Crippen LogP contribution in [0.1, 0.15) is 6.92 Å². The summed E-state index contributed by atoms with van der Waals surface area (Å²) < 4.78 is 0. The maximum atomic E-state index is 12.7. The fraction of sp³-hybridized carbons (Fsp3) is 0.438. The molecule has 0 aliphatic carbocycles. The third kappa shape index (κ3) is 3.37. The molecule has 0 spiro atoms. The number of carbonyl (C=O) groups excluding carboxylic acids is 3. The van der Waals surface area contributed by atoms with Crippen molar-refractivity contribution >= 4 is 41.1 Å². The highest BCUT2D eigenvalue weighted by atomic mass is 35.5. The smallest absolute Gasteiger partial charge is 0.312 e. The zero-order chi connectivity index (χ0) is 17.3. The zero-order valence-corrected chi connectivity index (χ0v) is 14.8. The maximum absolute atomic E-state index is 12.7. The Morgan fingerprint density at radius 2 is 2.08 bits per heavy atom. The Morgan fingerprint density at radius 1 is 1.33 bits per heavy atom. The van der Waals surface area contributed by atoms with Crippen LogP contribution < -0.4 is 5.32 Å². The molecule has 2 aliphatic rings. The lowest BCUT2D eigenvalue weighted by Gasteiger charge is -2.43. The molecule has 0 saturated carbocycles. The van der Waals surface area contributed by atoms with Gasteiger partial charge >= 0.3 is 11.8 Å². The predicted molar refractivity (Wildman–Crippen MR) is 91.9 cm³/mol. The number of benzene rings is 1. The summed E-state index contributed by atoms with van der Waals surface area (Å²) in [5.41, 5.74) is 0. The minimum atomic E-state index is -0.561. The van der Waals surface area contributed by atoms with Gasteiger partial charge in [-0.05, 0) is 19.1 Å². The second-order valence-electron chi connectivity index (χ2n) is 5.84. The van der Waals surface area contributed by atoms with Crippen LogP contribution in [-0.2, 0) is 14.4 Å². The summed E-state index contributed by atoms with van der Waals surface area (Å²) in [7, 11) is 0. The van der Waals surface area contributed by atoms with Gasteiger partial charge in [-0.15, -0.1) is 11.8 Å². The Hall–Kier alpha value is -1.73. The molecule has 0 bridgehead atoms. The molecule has 24 heavy (non-hydrogen) atoms. The number of nitrogens with one attached hydrogen (secondary N) is 1. The van der Waals surface area contributed by atoms with Crippen molar-refractivity contribution in [3.8, 4) is 0 Å². The highest BCUT2D eigenvalue weighted by Crippen LogP contribution is 2.31. The molecule has 6 nitrogen and oxygen atoms in total. The highest BCUT2D eigenvalue weighted by molar-refractivity contribution is 8.00. The third-order valence-corrected chi connectivity index (χ3v) is 5.84. The number of piperazine rings is 2. The van der Waals surface area contributed by atoms with Gasteiger partial charge in [0.15, 0.2) is 0 Å². The number of carbonyl (C=O) groups is 3. The molecule has 3 amide bonds. The number of thioether (sulfide) groups is 1. The Balaban J connectivity index is 1.63. The monoisotopic (exact) mass is 367 g/mol. The molecule has 2 aliphatic heterocycles. The Labute approximate surface area is 149 Å². The molecular formula is C16H18ClN3O3S. The van der Waals surface area contributed by atoms with Crippen molar-refractivity contribution in [2.45, 2.75) is 23.1 Å². The number of halogens is 1. The van der Waals surface area contributed by atoms with Crippen molar-refractivity contribution in [2.24, 2.45) is 0 Å². The molecule has 1 N–H and O–H groups in total. The van der Waals surface area contributed by atoms with Gasteiger partial charge in [-0.1, -0.05) is 23.7 Å². The molecule has 2 heterocycles. The van der Waals surface area contributed by atoms with Gasteiger partial charge in [0.05, 0.1) is 16.3 Å². The van der Waals surface area contributed by atoms with Gasteiger partial charge in [0.25, 0.3) is 0 Å². The predicted octanol–water partition coefficient (Wildman–Crippen LogP) is 0.990. The Morgan fingerprint density at radius 3 is 2.83 bits per heavy atom. The Kier molecular flexibility index (Phi) is 5.01. The van der Waals surface area contributed by atoms with Gasteiger partial charge in [0, 0.05) is 31.1 Å². The summed E-state index contributed by atoms with van der Waals surface area (Å²) in [6.45, 7) is 3.53. The average molecular weight is 368 g/mol. The van der Waals surface area contributed by atoms with Crippen LogP contribution in [0.5, 0.6) is 0 Å². The van der Waals surface area contributed by atoms with Crippen molar-refractivity contribution < 1.29 is 14.4 Å². The van der Waals surface area contributed by atoms with E-state index in [1.165, 1.54) is 11.8 Å². The van der Waals surface area contributed by atoms with Crippen molar-refractivity contribution in [1.82, 2.24) is 15.1 Å². The highest BCUT2D eigenvalue weighted by Gasteiger charge is 2.39. The number of hydrogen-bond donors (Lipinski definition) is 1. The molecule has 0 radical (unpaired) electrons. The van der Waals surface area contributed by atoms with Crippen molar-refractivity contribution in [2.75, 3.05) is 26.2 Å². The van der Waals surface area contributed by atoms with E-state index in [9.17, 15) is 14.4 Å².